The van der Waals surface area contributed by atoms with Gasteiger partial charge in [0.05, 0.1) is 0 Å². The van der Waals surface area contributed by atoms with Crippen molar-refractivity contribution in [3.8, 4) is 0 Å². The van der Waals surface area contributed by atoms with Gasteiger partial charge < -0.3 is 0 Å². The van der Waals surface area contributed by atoms with E-state index in [-0.39, 0.29) is 5.41 Å². The second kappa shape index (κ2) is 4.78. The molecule has 0 aliphatic rings. The highest BCUT2D eigenvalue weighted by Gasteiger charge is 2.16. The molecule has 1 heterocycles. The first kappa shape index (κ1) is 12.2. The molecule has 0 bridgehead atoms. The van der Waals surface area contributed by atoms with E-state index in [1.165, 1.54) is 24.1 Å². The standard InChI is InChI=1S/C14H23N/c1-6-11(7-2)13-10-12(8-9-15-13)14(3,4)5/h8-11H,6-7H2,1-5H3. The van der Waals surface area contributed by atoms with E-state index < -0.39 is 0 Å². The molecular formula is C14H23N. The Morgan fingerprint density at radius 3 is 2.27 bits per heavy atom. The van der Waals surface area contributed by atoms with Gasteiger partial charge in [0.15, 0.2) is 0 Å². The van der Waals surface area contributed by atoms with E-state index in [1.54, 1.807) is 0 Å². The van der Waals surface area contributed by atoms with Gasteiger partial charge in [-0.05, 0) is 36.0 Å². The highest BCUT2D eigenvalue weighted by molar-refractivity contribution is 5.25. The largest absolute Gasteiger partial charge is 0.261 e. The molecule has 1 rings (SSSR count). The average molecular weight is 205 g/mol. The van der Waals surface area contributed by atoms with Gasteiger partial charge in [0, 0.05) is 17.8 Å². The molecule has 84 valence electrons. The highest BCUT2D eigenvalue weighted by Crippen LogP contribution is 2.26. The van der Waals surface area contributed by atoms with E-state index in [4.69, 9.17) is 0 Å². The van der Waals surface area contributed by atoms with Crippen molar-refractivity contribution in [2.45, 2.75) is 58.8 Å². The van der Waals surface area contributed by atoms with E-state index in [0.717, 1.165) is 0 Å². The topological polar surface area (TPSA) is 12.9 Å². The predicted molar refractivity (Wildman–Crippen MR) is 66.3 cm³/mol. The number of rotatable bonds is 3. The third-order valence-electron chi connectivity index (χ3n) is 3.05. The van der Waals surface area contributed by atoms with E-state index >= 15 is 0 Å². The molecule has 0 radical (unpaired) electrons. The lowest BCUT2D eigenvalue weighted by atomic mass is 9.86. The molecule has 0 spiro atoms. The van der Waals surface area contributed by atoms with Crippen LogP contribution in [0.3, 0.4) is 0 Å². The minimum absolute atomic E-state index is 0.226. The molecule has 0 atom stereocenters. The molecule has 0 aromatic carbocycles. The van der Waals surface area contributed by atoms with Crippen molar-refractivity contribution in [2.75, 3.05) is 0 Å². The van der Waals surface area contributed by atoms with Crippen molar-refractivity contribution in [1.82, 2.24) is 4.98 Å². The number of pyridine rings is 1. The van der Waals surface area contributed by atoms with Crippen molar-refractivity contribution >= 4 is 0 Å². The van der Waals surface area contributed by atoms with Crippen LogP contribution in [0.15, 0.2) is 18.3 Å². The van der Waals surface area contributed by atoms with Crippen molar-refractivity contribution in [1.29, 1.82) is 0 Å². The van der Waals surface area contributed by atoms with E-state index in [0.29, 0.717) is 5.92 Å². The summed E-state index contributed by atoms with van der Waals surface area (Å²) in [5.41, 5.74) is 2.87. The maximum absolute atomic E-state index is 4.49. The third-order valence-corrected chi connectivity index (χ3v) is 3.05. The highest BCUT2D eigenvalue weighted by atomic mass is 14.7. The zero-order chi connectivity index (χ0) is 11.5. The summed E-state index contributed by atoms with van der Waals surface area (Å²) in [6, 6.07) is 4.41. The van der Waals surface area contributed by atoms with Crippen LogP contribution in [0.25, 0.3) is 0 Å². The molecule has 0 aliphatic carbocycles. The van der Waals surface area contributed by atoms with Crippen molar-refractivity contribution in [2.24, 2.45) is 0 Å². The van der Waals surface area contributed by atoms with Crippen LogP contribution in [0, 0.1) is 0 Å². The molecule has 0 unspecified atom stereocenters. The Morgan fingerprint density at radius 1 is 1.20 bits per heavy atom. The molecule has 1 aromatic rings. The fourth-order valence-corrected chi connectivity index (χ4v) is 1.85. The first-order valence-electron chi connectivity index (χ1n) is 5.95. The molecule has 0 N–H and O–H groups in total. The first-order valence-corrected chi connectivity index (χ1v) is 5.95. The number of aromatic nitrogens is 1. The summed E-state index contributed by atoms with van der Waals surface area (Å²) in [5, 5.41) is 0. The molecule has 0 saturated heterocycles. The molecule has 0 aliphatic heterocycles. The fourth-order valence-electron chi connectivity index (χ4n) is 1.85. The predicted octanol–water partition coefficient (Wildman–Crippen LogP) is 4.28. The summed E-state index contributed by atoms with van der Waals surface area (Å²) in [6.07, 6.45) is 4.31. The van der Waals surface area contributed by atoms with Gasteiger partial charge in [0.25, 0.3) is 0 Å². The summed E-state index contributed by atoms with van der Waals surface area (Å²) in [5.74, 6) is 0.618. The van der Waals surface area contributed by atoms with Gasteiger partial charge in [-0.2, -0.15) is 0 Å². The van der Waals surface area contributed by atoms with Gasteiger partial charge in [-0.15, -0.1) is 0 Å². The average Bonchev–Trinajstić information content (AvgIpc) is 2.19. The van der Waals surface area contributed by atoms with Crippen molar-refractivity contribution in [3.05, 3.63) is 29.6 Å². The summed E-state index contributed by atoms with van der Waals surface area (Å²) in [6.45, 7) is 11.2. The second-order valence-corrected chi connectivity index (χ2v) is 5.23. The van der Waals surface area contributed by atoms with Crippen LogP contribution in [0.2, 0.25) is 0 Å². The van der Waals surface area contributed by atoms with Crippen LogP contribution in [0.4, 0.5) is 0 Å². The van der Waals surface area contributed by atoms with Crippen LogP contribution < -0.4 is 0 Å². The molecule has 0 amide bonds. The maximum Gasteiger partial charge on any atom is 0.0437 e. The number of hydrogen-bond donors (Lipinski definition) is 0. The molecule has 0 fully saturated rings. The van der Waals surface area contributed by atoms with Crippen molar-refractivity contribution in [3.63, 3.8) is 0 Å². The van der Waals surface area contributed by atoms with E-state index in [1.807, 2.05) is 6.20 Å². The number of hydrogen-bond acceptors (Lipinski definition) is 1. The van der Waals surface area contributed by atoms with Gasteiger partial charge in [0.2, 0.25) is 0 Å². The van der Waals surface area contributed by atoms with Gasteiger partial charge in [-0.25, -0.2) is 0 Å². The zero-order valence-electron chi connectivity index (χ0n) is 10.7. The minimum Gasteiger partial charge on any atom is -0.261 e. The fraction of sp³-hybridized carbons (Fsp3) is 0.643. The maximum atomic E-state index is 4.49. The normalized spacial score (nSPS) is 12.1. The lowest BCUT2D eigenvalue weighted by Crippen LogP contribution is -2.12. The van der Waals surface area contributed by atoms with Gasteiger partial charge >= 0.3 is 0 Å². The third kappa shape index (κ3) is 3.05. The Hall–Kier alpha value is -0.850. The molecule has 1 aromatic heterocycles. The molecule has 15 heavy (non-hydrogen) atoms. The lowest BCUT2D eigenvalue weighted by Gasteiger charge is -2.21. The monoisotopic (exact) mass is 205 g/mol. The Morgan fingerprint density at radius 2 is 1.80 bits per heavy atom. The Balaban J connectivity index is 3.02. The minimum atomic E-state index is 0.226. The van der Waals surface area contributed by atoms with Crippen LogP contribution in [0.1, 0.15) is 64.6 Å². The number of nitrogens with zero attached hydrogens (tertiary/aromatic N) is 1. The summed E-state index contributed by atoms with van der Waals surface area (Å²) in [7, 11) is 0. The van der Waals surface area contributed by atoms with Crippen LogP contribution in [0.5, 0.6) is 0 Å². The van der Waals surface area contributed by atoms with Crippen molar-refractivity contribution < 1.29 is 0 Å². The molecular weight excluding hydrogens is 182 g/mol. The van der Waals surface area contributed by atoms with Gasteiger partial charge in [-0.1, -0.05) is 34.6 Å². The van der Waals surface area contributed by atoms with Crippen LogP contribution in [-0.2, 0) is 5.41 Å². The van der Waals surface area contributed by atoms with Crippen LogP contribution in [-0.4, -0.2) is 4.98 Å². The molecule has 0 saturated carbocycles. The Kier molecular flexibility index (Phi) is 3.90. The second-order valence-electron chi connectivity index (χ2n) is 5.23. The quantitative estimate of drug-likeness (QED) is 0.717. The zero-order valence-corrected chi connectivity index (χ0v) is 10.7. The SMILES string of the molecule is CCC(CC)c1cc(C(C)(C)C)ccn1. The lowest BCUT2D eigenvalue weighted by molar-refractivity contribution is 0.578. The van der Waals surface area contributed by atoms with Crippen LogP contribution >= 0.6 is 0 Å². The summed E-state index contributed by atoms with van der Waals surface area (Å²) < 4.78 is 0. The first-order chi connectivity index (χ1) is 6.99. The van der Waals surface area contributed by atoms with E-state index in [2.05, 4.69) is 51.7 Å². The Bertz CT molecular complexity index is 305. The van der Waals surface area contributed by atoms with Gasteiger partial charge in [-0.3, -0.25) is 4.98 Å². The van der Waals surface area contributed by atoms with E-state index in [9.17, 15) is 0 Å². The summed E-state index contributed by atoms with van der Waals surface area (Å²) in [4.78, 5) is 4.49. The summed E-state index contributed by atoms with van der Waals surface area (Å²) >= 11 is 0. The molecule has 1 nitrogen and oxygen atoms in total. The smallest absolute Gasteiger partial charge is 0.0437 e. The van der Waals surface area contributed by atoms with Gasteiger partial charge in [0.1, 0.15) is 0 Å². The molecule has 1 heteroatoms. The Labute approximate surface area is 93.9 Å².